The fraction of sp³-hybridized carbons (Fsp3) is 0.167. The third-order valence-corrected chi connectivity index (χ3v) is 2.95. The Bertz CT molecular complexity index is 578. The summed E-state index contributed by atoms with van der Waals surface area (Å²) in [4.78, 5) is 10.7. The number of allylic oxidation sites excluding steroid dienone is 7. The van der Waals surface area contributed by atoms with Gasteiger partial charge in [-0.05, 0) is 43.5 Å². The van der Waals surface area contributed by atoms with E-state index < -0.39 is 5.97 Å². The van der Waals surface area contributed by atoms with Gasteiger partial charge in [-0.15, -0.1) is 0 Å². The minimum absolute atomic E-state index is 0.280. The van der Waals surface area contributed by atoms with Gasteiger partial charge in [0.25, 0.3) is 0 Å². The number of carboxylic acid groups (broad SMARTS) is 1. The minimum atomic E-state index is -0.927. The van der Waals surface area contributed by atoms with Gasteiger partial charge in [-0.25, -0.2) is 9.18 Å². The van der Waals surface area contributed by atoms with Crippen molar-refractivity contribution in [3.8, 4) is 0 Å². The van der Waals surface area contributed by atoms with Gasteiger partial charge in [0.1, 0.15) is 5.83 Å². The van der Waals surface area contributed by atoms with Crippen LogP contribution in [0.25, 0.3) is 0 Å². The monoisotopic (exact) mass is 286 g/mol. The van der Waals surface area contributed by atoms with Gasteiger partial charge >= 0.3 is 5.97 Å². The molecule has 0 bridgehead atoms. The van der Waals surface area contributed by atoms with E-state index in [1.807, 2.05) is 6.08 Å². The molecule has 3 heteroatoms. The second-order valence-corrected chi connectivity index (χ2v) is 4.44. The molecule has 0 unspecified atom stereocenters. The van der Waals surface area contributed by atoms with Crippen molar-refractivity contribution in [3.05, 3.63) is 83.8 Å². The molecule has 110 valence electrons. The second-order valence-electron chi connectivity index (χ2n) is 4.44. The smallest absolute Gasteiger partial charge is 0.335 e. The number of hydrogen-bond acceptors (Lipinski definition) is 1. The van der Waals surface area contributed by atoms with E-state index in [0.29, 0.717) is 5.57 Å². The van der Waals surface area contributed by atoms with Crippen molar-refractivity contribution in [2.75, 3.05) is 0 Å². The maximum atomic E-state index is 13.6. The quantitative estimate of drug-likeness (QED) is 0.727. The van der Waals surface area contributed by atoms with Crippen LogP contribution in [0.15, 0.2) is 72.6 Å². The van der Waals surface area contributed by atoms with Crippen molar-refractivity contribution < 1.29 is 14.3 Å². The lowest BCUT2D eigenvalue weighted by molar-refractivity contribution is 0.0697. The van der Waals surface area contributed by atoms with E-state index in [4.69, 9.17) is 5.11 Å². The molecule has 0 saturated carbocycles. The highest BCUT2D eigenvalue weighted by molar-refractivity contribution is 5.87. The molecule has 0 aliphatic heterocycles. The highest BCUT2D eigenvalue weighted by Crippen LogP contribution is 2.14. The molecule has 2 nitrogen and oxygen atoms in total. The molecular weight excluding hydrogens is 267 g/mol. The van der Waals surface area contributed by atoms with Gasteiger partial charge in [0.05, 0.1) is 5.56 Å². The molecule has 21 heavy (non-hydrogen) atoms. The van der Waals surface area contributed by atoms with Crippen LogP contribution in [0.4, 0.5) is 4.39 Å². The van der Waals surface area contributed by atoms with Gasteiger partial charge in [0.15, 0.2) is 0 Å². The Morgan fingerprint density at radius 3 is 2.52 bits per heavy atom. The largest absolute Gasteiger partial charge is 0.478 e. The van der Waals surface area contributed by atoms with Gasteiger partial charge in [-0.1, -0.05) is 43.0 Å². The van der Waals surface area contributed by atoms with Crippen LogP contribution in [-0.4, -0.2) is 11.1 Å². The molecule has 0 saturated heterocycles. The topological polar surface area (TPSA) is 37.3 Å². The number of aromatic carboxylic acids is 1. The minimum Gasteiger partial charge on any atom is -0.478 e. The van der Waals surface area contributed by atoms with Gasteiger partial charge < -0.3 is 5.11 Å². The van der Waals surface area contributed by atoms with E-state index in [1.165, 1.54) is 12.2 Å². The van der Waals surface area contributed by atoms with Gasteiger partial charge in [0, 0.05) is 5.57 Å². The maximum Gasteiger partial charge on any atom is 0.335 e. The SMILES string of the molecule is C=C\C=C(F)/C(=C\C)/C=C/CCc1ccc(C(=O)O)cc1. The number of carbonyl (C=O) groups is 1. The highest BCUT2D eigenvalue weighted by Gasteiger charge is 2.01. The predicted molar refractivity (Wildman–Crippen MR) is 84.0 cm³/mol. The molecule has 0 amide bonds. The molecule has 0 aliphatic carbocycles. The van der Waals surface area contributed by atoms with Crippen LogP contribution < -0.4 is 0 Å². The van der Waals surface area contributed by atoms with E-state index in [9.17, 15) is 9.18 Å². The molecule has 0 aliphatic rings. The van der Waals surface area contributed by atoms with Crippen molar-refractivity contribution in [3.63, 3.8) is 0 Å². The number of rotatable bonds is 7. The average molecular weight is 286 g/mol. The number of aryl methyl sites for hydroxylation is 1. The molecular formula is C18H19FO2. The highest BCUT2D eigenvalue weighted by atomic mass is 19.1. The van der Waals surface area contributed by atoms with E-state index in [0.717, 1.165) is 18.4 Å². The van der Waals surface area contributed by atoms with Crippen LogP contribution in [0.3, 0.4) is 0 Å². The summed E-state index contributed by atoms with van der Waals surface area (Å²) < 4.78 is 13.6. The van der Waals surface area contributed by atoms with Crippen LogP contribution in [0.2, 0.25) is 0 Å². The number of carboxylic acids is 1. The normalized spacial score (nSPS) is 12.7. The average Bonchev–Trinajstić information content (AvgIpc) is 2.48. The molecule has 1 aromatic rings. The van der Waals surface area contributed by atoms with E-state index >= 15 is 0 Å². The fourth-order valence-corrected chi connectivity index (χ4v) is 1.79. The molecule has 0 fully saturated rings. The predicted octanol–water partition coefficient (Wildman–Crippen LogP) is 4.86. The van der Waals surface area contributed by atoms with Gasteiger partial charge in [-0.3, -0.25) is 0 Å². The Hall–Kier alpha value is -2.42. The Morgan fingerprint density at radius 2 is 2.00 bits per heavy atom. The number of benzene rings is 1. The third-order valence-electron chi connectivity index (χ3n) is 2.95. The van der Waals surface area contributed by atoms with Crippen LogP contribution in [0.1, 0.15) is 29.3 Å². The molecule has 0 aromatic heterocycles. The molecule has 1 aromatic carbocycles. The summed E-state index contributed by atoms with van der Waals surface area (Å²) in [6, 6.07) is 6.77. The summed E-state index contributed by atoms with van der Waals surface area (Å²) in [7, 11) is 0. The Labute approximate surface area is 124 Å². The van der Waals surface area contributed by atoms with Crippen molar-refractivity contribution in [2.45, 2.75) is 19.8 Å². The Kier molecular flexibility index (Phi) is 6.88. The first kappa shape index (κ1) is 16.6. The fourth-order valence-electron chi connectivity index (χ4n) is 1.79. The van der Waals surface area contributed by atoms with Crippen molar-refractivity contribution in [2.24, 2.45) is 0 Å². The van der Waals surface area contributed by atoms with E-state index in [1.54, 1.807) is 43.3 Å². The zero-order valence-corrected chi connectivity index (χ0v) is 12.1. The maximum absolute atomic E-state index is 13.6. The van der Waals surface area contributed by atoms with Gasteiger partial charge in [0.2, 0.25) is 0 Å². The molecule has 0 heterocycles. The van der Waals surface area contributed by atoms with Crippen LogP contribution in [0.5, 0.6) is 0 Å². The summed E-state index contributed by atoms with van der Waals surface area (Å²) in [5, 5.41) is 8.81. The van der Waals surface area contributed by atoms with E-state index in [2.05, 4.69) is 6.58 Å². The first-order valence-electron chi connectivity index (χ1n) is 6.72. The summed E-state index contributed by atoms with van der Waals surface area (Å²) in [6.07, 6.45) is 9.61. The standard InChI is InChI=1S/C18H19FO2/c1-3-7-17(19)15(4-2)9-6-5-8-14-10-12-16(13-11-14)18(20)21/h3-4,6-7,9-13H,1,5,8H2,2H3,(H,20,21)/b9-6+,15-4-,17-7+. The van der Waals surface area contributed by atoms with Crippen molar-refractivity contribution >= 4 is 5.97 Å². The number of hydrogen-bond donors (Lipinski definition) is 1. The summed E-state index contributed by atoms with van der Waals surface area (Å²) >= 11 is 0. The molecule has 1 rings (SSSR count). The first-order valence-corrected chi connectivity index (χ1v) is 6.72. The molecule has 1 N–H and O–H groups in total. The first-order chi connectivity index (χ1) is 10.1. The second kappa shape index (κ2) is 8.69. The lowest BCUT2D eigenvalue weighted by Gasteiger charge is -2.00. The van der Waals surface area contributed by atoms with Crippen LogP contribution >= 0.6 is 0 Å². The van der Waals surface area contributed by atoms with Gasteiger partial charge in [-0.2, -0.15) is 0 Å². The summed E-state index contributed by atoms with van der Waals surface area (Å²) in [5.41, 5.74) is 1.85. The zero-order valence-electron chi connectivity index (χ0n) is 12.1. The molecule has 0 radical (unpaired) electrons. The Morgan fingerprint density at radius 1 is 1.33 bits per heavy atom. The van der Waals surface area contributed by atoms with E-state index in [-0.39, 0.29) is 11.4 Å². The van der Waals surface area contributed by atoms with Crippen LogP contribution in [0, 0.1) is 0 Å². The van der Waals surface area contributed by atoms with Crippen LogP contribution in [-0.2, 0) is 6.42 Å². The zero-order chi connectivity index (χ0) is 15.7. The molecule has 0 atom stereocenters. The lowest BCUT2D eigenvalue weighted by Crippen LogP contribution is -1.95. The Balaban J connectivity index is 2.56. The number of halogens is 1. The lowest BCUT2D eigenvalue weighted by atomic mass is 10.1. The summed E-state index contributed by atoms with van der Waals surface area (Å²) in [5.74, 6) is -1.24. The third kappa shape index (κ3) is 5.61. The van der Waals surface area contributed by atoms with Crippen molar-refractivity contribution in [1.29, 1.82) is 0 Å². The summed E-state index contributed by atoms with van der Waals surface area (Å²) in [6.45, 7) is 5.24. The van der Waals surface area contributed by atoms with Crippen molar-refractivity contribution in [1.82, 2.24) is 0 Å². The molecule has 0 spiro atoms.